The predicted molar refractivity (Wildman–Crippen MR) is 61.5 cm³/mol. The zero-order valence-corrected chi connectivity index (χ0v) is 9.08. The molecule has 15 heavy (non-hydrogen) atoms. The Bertz CT molecular complexity index is 373. The molecule has 0 fully saturated rings. The lowest BCUT2D eigenvalue weighted by molar-refractivity contribution is -0.122. The number of benzene rings is 1. The minimum Gasteiger partial charge on any atom is -0.356 e. The summed E-state index contributed by atoms with van der Waals surface area (Å²) in [6.07, 6.45) is 5.25. The summed E-state index contributed by atoms with van der Waals surface area (Å²) in [5.74, 6) is 2.47. The van der Waals surface area contributed by atoms with Crippen LogP contribution in [-0.4, -0.2) is 12.5 Å². The van der Waals surface area contributed by atoms with Crippen LogP contribution in [0.5, 0.6) is 0 Å². The standard InChI is InChI=1S/C13H15NO/c1-4-11-6-8-12(9-7-11)10(3)13(15)14-5-2/h1,6-10H,5H2,2-3H3,(H,14,15)/t10-/m1/s1. The van der Waals surface area contributed by atoms with E-state index in [0.29, 0.717) is 6.54 Å². The molecule has 1 atom stereocenters. The Morgan fingerprint density at radius 3 is 2.53 bits per heavy atom. The molecule has 0 radical (unpaired) electrons. The van der Waals surface area contributed by atoms with E-state index < -0.39 is 0 Å². The zero-order chi connectivity index (χ0) is 11.3. The van der Waals surface area contributed by atoms with E-state index in [4.69, 9.17) is 6.42 Å². The van der Waals surface area contributed by atoms with E-state index in [1.807, 2.05) is 38.1 Å². The molecule has 0 bridgehead atoms. The van der Waals surface area contributed by atoms with Crippen LogP contribution in [0.4, 0.5) is 0 Å². The molecule has 1 rings (SSSR count). The molecule has 1 aromatic carbocycles. The molecular weight excluding hydrogens is 186 g/mol. The van der Waals surface area contributed by atoms with Crippen LogP contribution in [0.3, 0.4) is 0 Å². The van der Waals surface area contributed by atoms with Crippen molar-refractivity contribution in [3.8, 4) is 12.3 Å². The lowest BCUT2D eigenvalue weighted by atomic mass is 9.99. The first-order valence-electron chi connectivity index (χ1n) is 5.03. The lowest BCUT2D eigenvalue weighted by Gasteiger charge is -2.11. The number of nitrogens with one attached hydrogen (secondary N) is 1. The summed E-state index contributed by atoms with van der Waals surface area (Å²) in [5.41, 5.74) is 1.82. The molecule has 2 nitrogen and oxygen atoms in total. The summed E-state index contributed by atoms with van der Waals surface area (Å²) in [4.78, 5) is 11.5. The minimum absolute atomic E-state index is 0.0472. The molecule has 1 N–H and O–H groups in total. The number of carbonyl (C=O) groups is 1. The Kier molecular flexibility index (Phi) is 3.93. The number of likely N-dealkylation sites (N-methyl/N-ethyl adjacent to an activating group) is 1. The van der Waals surface area contributed by atoms with Crippen LogP contribution in [0, 0.1) is 12.3 Å². The molecule has 0 aliphatic heterocycles. The van der Waals surface area contributed by atoms with Gasteiger partial charge in [-0.15, -0.1) is 6.42 Å². The molecule has 0 aliphatic carbocycles. The zero-order valence-electron chi connectivity index (χ0n) is 9.08. The van der Waals surface area contributed by atoms with Gasteiger partial charge in [-0.05, 0) is 31.5 Å². The third kappa shape index (κ3) is 2.85. The van der Waals surface area contributed by atoms with Gasteiger partial charge in [0.15, 0.2) is 0 Å². The van der Waals surface area contributed by atoms with E-state index in [1.54, 1.807) is 0 Å². The molecule has 0 saturated heterocycles. The van der Waals surface area contributed by atoms with Gasteiger partial charge in [0.1, 0.15) is 0 Å². The van der Waals surface area contributed by atoms with Crippen LogP contribution in [-0.2, 0) is 4.79 Å². The normalized spacial score (nSPS) is 11.5. The second-order valence-electron chi connectivity index (χ2n) is 3.38. The first-order chi connectivity index (χ1) is 7.19. The summed E-state index contributed by atoms with van der Waals surface area (Å²) in [7, 11) is 0. The Labute approximate surface area is 90.7 Å². The van der Waals surface area contributed by atoms with Crippen LogP contribution in [0.15, 0.2) is 24.3 Å². The maximum Gasteiger partial charge on any atom is 0.227 e. The summed E-state index contributed by atoms with van der Waals surface area (Å²) >= 11 is 0. The molecule has 0 unspecified atom stereocenters. The highest BCUT2D eigenvalue weighted by atomic mass is 16.1. The summed E-state index contributed by atoms with van der Waals surface area (Å²) < 4.78 is 0. The van der Waals surface area contributed by atoms with Gasteiger partial charge < -0.3 is 5.32 Å². The van der Waals surface area contributed by atoms with E-state index in [2.05, 4.69) is 11.2 Å². The fourth-order valence-electron chi connectivity index (χ4n) is 1.35. The van der Waals surface area contributed by atoms with Gasteiger partial charge in [0, 0.05) is 12.1 Å². The Balaban J connectivity index is 2.79. The largest absolute Gasteiger partial charge is 0.356 e. The van der Waals surface area contributed by atoms with Crippen molar-refractivity contribution in [2.45, 2.75) is 19.8 Å². The first-order valence-corrected chi connectivity index (χ1v) is 5.03. The lowest BCUT2D eigenvalue weighted by Crippen LogP contribution is -2.27. The van der Waals surface area contributed by atoms with E-state index in [0.717, 1.165) is 11.1 Å². The number of carbonyl (C=O) groups excluding carboxylic acids is 1. The van der Waals surface area contributed by atoms with Crippen LogP contribution >= 0.6 is 0 Å². The van der Waals surface area contributed by atoms with Crippen molar-refractivity contribution in [3.63, 3.8) is 0 Å². The van der Waals surface area contributed by atoms with Crippen LogP contribution < -0.4 is 5.32 Å². The van der Waals surface area contributed by atoms with Gasteiger partial charge in [-0.25, -0.2) is 0 Å². The average Bonchev–Trinajstić information content (AvgIpc) is 2.28. The molecule has 0 saturated carbocycles. The SMILES string of the molecule is C#Cc1ccc([C@@H](C)C(=O)NCC)cc1. The number of hydrogen-bond acceptors (Lipinski definition) is 1. The van der Waals surface area contributed by atoms with Gasteiger partial charge in [-0.3, -0.25) is 4.79 Å². The van der Waals surface area contributed by atoms with Crippen molar-refractivity contribution in [2.24, 2.45) is 0 Å². The highest BCUT2D eigenvalue weighted by Crippen LogP contribution is 2.15. The van der Waals surface area contributed by atoms with Gasteiger partial charge in [0.05, 0.1) is 5.92 Å². The number of rotatable bonds is 3. The van der Waals surface area contributed by atoms with E-state index in [1.165, 1.54) is 0 Å². The molecule has 0 aliphatic rings. The van der Waals surface area contributed by atoms with Gasteiger partial charge >= 0.3 is 0 Å². The van der Waals surface area contributed by atoms with Crippen molar-refractivity contribution < 1.29 is 4.79 Å². The number of terminal acetylenes is 1. The Morgan fingerprint density at radius 1 is 1.47 bits per heavy atom. The molecular formula is C13H15NO. The van der Waals surface area contributed by atoms with E-state index in [9.17, 15) is 4.79 Å². The average molecular weight is 201 g/mol. The minimum atomic E-state index is -0.128. The van der Waals surface area contributed by atoms with Gasteiger partial charge in [-0.1, -0.05) is 18.1 Å². The molecule has 1 amide bonds. The second kappa shape index (κ2) is 5.21. The first kappa shape index (κ1) is 11.3. The quantitative estimate of drug-likeness (QED) is 0.744. The fourth-order valence-corrected chi connectivity index (χ4v) is 1.35. The summed E-state index contributed by atoms with van der Waals surface area (Å²) in [6.45, 7) is 4.45. The highest BCUT2D eigenvalue weighted by Gasteiger charge is 2.13. The van der Waals surface area contributed by atoms with E-state index >= 15 is 0 Å². The second-order valence-corrected chi connectivity index (χ2v) is 3.38. The van der Waals surface area contributed by atoms with Crippen molar-refractivity contribution in [2.75, 3.05) is 6.54 Å². The molecule has 1 aromatic rings. The molecule has 78 valence electrons. The Hall–Kier alpha value is -1.75. The van der Waals surface area contributed by atoms with Gasteiger partial charge in [0.25, 0.3) is 0 Å². The third-order valence-electron chi connectivity index (χ3n) is 2.32. The van der Waals surface area contributed by atoms with Gasteiger partial charge in [-0.2, -0.15) is 0 Å². The van der Waals surface area contributed by atoms with Crippen LogP contribution in [0.25, 0.3) is 0 Å². The van der Waals surface area contributed by atoms with Crippen LogP contribution in [0.2, 0.25) is 0 Å². The maximum atomic E-state index is 11.5. The van der Waals surface area contributed by atoms with Crippen molar-refractivity contribution >= 4 is 5.91 Å². The van der Waals surface area contributed by atoms with Crippen molar-refractivity contribution in [1.29, 1.82) is 0 Å². The molecule has 0 spiro atoms. The fraction of sp³-hybridized carbons (Fsp3) is 0.308. The van der Waals surface area contributed by atoms with Gasteiger partial charge in [0.2, 0.25) is 5.91 Å². The van der Waals surface area contributed by atoms with E-state index in [-0.39, 0.29) is 11.8 Å². The predicted octanol–water partition coefficient (Wildman–Crippen LogP) is 1.91. The summed E-state index contributed by atoms with van der Waals surface area (Å²) in [5, 5.41) is 2.79. The van der Waals surface area contributed by atoms with Crippen molar-refractivity contribution in [3.05, 3.63) is 35.4 Å². The monoisotopic (exact) mass is 201 g/mol. The summed E-state index contributed by atoms with van der Waals surface area (Å²) in [6, 6.07) is 7.50. The third-order valence-corrected chi connectivity index (χ3v) is 2.32. The Morgan fingerprint density at radius 2 is 2.07 bits per heavy atom. The van der Waals surface area contributed by atoms with Crippen LogP contribution in [0.1, 0.15) is 30.9 Å². The smallest absolute Gasteiger partial charge is 0.227 e. The van der Waals surface area contributed by atoms with Crippen molar-refractivity contribution in [1.82, 2.24) is 5.32 Å². The highest BCUT2D eigenvalue weighted by molar-refractivity contribution is 5.83. The molecule has 0 aromatic heterocycles. The number of hydrogen-bond donors (Lipinski definition) is 1. The topological polar surface area (TPSA) is 29.1 Å². The maximum absolute atomic E-state index is 11.5. The molecule has 2 heteroatoms. The molecule has 0 heterocycles. The number of amides is 1.